The van der Waals surface area contributed by atoms with Crippen LogP contribution in [-0.4, -0.2) is 9.97 Å². The molecule has 92 valence electrons. The molecule has 0 aromatic heterocycles. The van der Waals surface area contributed by atoms with Crippen LogP contribution >= 0.6 is 12.2 Å². The van der Waals surface area contributed by atoms with E-state index in [2.05, 4.69) is 0 Å². The van der Waals surface area contributed by atoms with Gasteiger partial charge in [-0.3, -0.25) is 0 Å². The number of thiocarbonyl (C=S) groups is 1. The molecule has 0 spiro atoms. The summed E-state index contributed by atoms with van der Waals surface area (Å²) in [4.78, 5) is 0.568. The third-order valence-corrected chi connectivity index (χ3v) is 3.44. The van der Waals surface area contributed by atoms with Crippen molar-refractivity contribution in [2.24, 2.45) is 0 Å². The fourth-order valence-electron chi connectivity index (χ4n) is 1.78. The zero-order valence-electron chi connectivity index (χ0n) is 10.6. The van der Waals surface area contributed by atoms with Gasteiger partial charge in [-0.2, -0.15) is 0 Å². The van der Waals surface area contributed by atoms with Crippen LogP contribution in [0.5, 0.6) is 0 Å². The second-order valence-corrected chi connectivity index (χ2v) is 4.98. The molecule has 2 aromatic carbocycles. The van der Waals surface area contributed by atoms with Crippen molar-refractivity contribution in [3.63, 3.8) is 0 Å². The van der Waals surface area contributed by atoms with Crippen molar-refractivity contribution >= 4 is 17.1 Å². The van der Waals surface area contributed by atoms with Gasteiger partial charge >= 0.3 is 0 Å². The first-order valence-electron chi connectivity index (χ1n) is 5.93. The number of hydrogen-bond donors (Lipinski definition) is 1. The molecule has 0 fully saturated rings. The summed E-state index contributed by atoms with van der Waals surface area (Å²) in [6, 6.07) is 15.7. The predicted molar refractivity (Wildman–Crippen MR) is 79.0 cm³/mol. The van der Waals surface area contributed by atoms with Gasteiger partial charge in [-0.15, -0.1) is 0 Å². The molecule has 0 heterocycles. The van der Waals surface area contributed by atoms with Gasteiger partial charge < -0.3 is 5.11 Å². The van der Waals surface area contributed by atoms with Crippen LogP contribution in [-0.2, 0) is 0 Å². The Balaban J connectivity index is 2.23. The van der Waals surface area contributed by atoms with E-state index in [0.717, 1.165) is 11.1 Å². The van der Waals surface area contributed by atoms with E-state index >= 15 is 0 Å². The molecule has 1 atom stereocenters. The predicted octanol–water partition coefficient (Wildman–Crippen LogP) is 3.76. The van der Waals surface area contributed by atoms with Crippen LogP contribution in [0.4, 0.5) is 0 Å². The molecular formula is C16H16OS. The van der Waals surface area contributed by atoms with Crippen LogP contribution < -0.4 is 0 Å². The molecule has 0 saturated heterocycles. The quantitative estimate of drug-likeness (QED) is 0.666. The van der Waals surface area contributed by atoms with Crippen LogP contribution in [0.15, 0.2) is 48.5 Å². The van der Waals surface area contributed by atoms with Gasteiger partial charge in [-0.05, 0) is 25.0 Å². The Morgan fingerprint density at radius 1 is 0.889 bits per heavy atom. The highest BCUT2D eigenvalue weighted by Crippen LogP contribution is 2.20. The molecule has 0 radical (unpaired) electrons. The Morgan fingerprint density at radius 2 is 1.33 bits per heavy atom. The second kappa shape index (κ2) is 5.42. The smallest absolute Gasteiger partial charge is 0.115 e. The van der Waals surface area contributed by atoms with E-state index in [-0.39, 0.29) is 0 Å². The fraction of sp³-hybridized carbons (Fsp3) is 0.188. The standard InChI is InChI=1S/C16H16OS/c1-11-3-7-13(8-4-11)15(17)16(18)14-9-5-12(2)6-10-14/h3-10,15,17H,1-2H3. The first-order chi connectivity index (χ1) is 8.58. The largest absolute Gasteiger partial charge is 0.383 e. The monoisotopic (exact) mass is 256 g/mol. The van der Waals surface area contributed by atoms with E-state index in [1.807, 2.05) is 62.4 Å². The summed E-state index contributed by atoms with van der Waals surface area (Å²) >= 11 is 5.35. The summed E-state index contributed by atoms with van der Waals surface area (Å²) in [5, 5.41) is 10.3. The van der Waals surface area contributed by atoms with Crippen LogP contribution in [0.3, 0.4) is 0 Å². The van der Waals surface area contributed by atoms with Crippen molar-refractivity contribution in [3.8, 4) is 0 Å². The van der Waals surface area contributed by atoms with E-state index < -0.39 is 6.10 Å². The topological polar surface area (TPSA) is 20.2 Å². The number of hydrogen-bond acceptors (Lipinski definition) is 2. The SMILES string of the molecule is Cc1ccc(C(=S)C(O)c2ccc(C)cc2)cc1. The van der Waals surface area contributed by atoms with Gasteiger partial charge in [0.1, 0.15) is 6.10 Å². The lowest BCUT2D eigenvalue weighted by atomic mass is 9.99. The zero-order valence-corrected chi connectivity index (χ0v) is 11.4. The van der Waals surface area contributed by atoms with Crippen molar-refractivity contribution in [2.75, 3.05) is 0 Å². The van der Waals surface area contributed by atoms with Gasteiger partial charge in [-0.1, -0.05) is 71.9 Å². The summed E-state index contributed by atoms with van der Waals surface area (Å²) in [5.41, 5.74) is 4.11. The summed E-state index contributed by atoms with van der Waals surface area (Å²) < 4.78 is 0. The number of aliphatic hydroxyl groups is 1. The van der Waals surface area contributed by atoms with Crippen LogP contribution in [0.25, 0.3) is 0 Å². The number of benzene rings is 2. The minimum atomic E-state index is -0.719. The van der Waals surface area contributed by atoms with Gasteiger partial charge in [0.25, 0.3) is 0 Å². The Labute approximate surface area is 113 Å². The molecule has 2 rings (SSSR count). The number of rotatable bonds is 3. The Bertz CT molecular complexity index is 540. The molecular weight excluding hydrogens is 240 g/mol. The van der Waals surface area contributed by atoms with E-state index in [4.69, 9.17) is 12.2 Å². The van der Waals surface area contributed by atoms with Crippen molar-refractivity contribution in [1.82, 2.24) is 0 Å². The molecule has 1 unspecified atom stereocenters. The number of aliphatic hydroxyl groups excluding tert-OH is 1. The Morgan fingerprint density at radius 3 is 1.83 bits per heavy atom. The lowest BCUT2D eigenvalue weighted by Gasteiger charge is -2.13. The Hall–Kier alpha value is -1.51. The Kier molecular flexibility index (Phi) is 3.90. The van der Waals surface area contributed by atoms with Gasteiger partial charge in [-0.25, -0.2) is 0 Å². The lowest BCUT2D eigenvalue weighted by Crippen LogP contribution is -2.11. The van der Waals surface area contributed by atoms with Gasteiger partial charge in [0, 0.05) is 0 Å². The van der Waals surface area contributed by atoms with Gasteiger partial charge in [0.2, 0.25) is 0 Å². The molecule has 1 nitrogen and oxygen atoms in total. The van der Waals surface area contributed by atoms with Gasteiger partial charge in [0.05, 0.1) is 4.86 Å². The number of aryl methyl sites for hydroxylation is 2. The first-order valence-corrected chi connectivity index (χ1v) is 6.34. The van der Waals surface area contributed by atoms with E-state index in [1.165, 1.54) is 11.1 Å². The lowest BCUT2D eigenvalue weighted by molar-refractivity contribution is 0.250. The van der Waals surface area contributed by atoms with Crippen molar-refractivity contribution in [3.05, 3.63) is 70.8 Å². The molecule has 0 amide bonds. The van der Waals surface area contributed by atoms with Crippen LogP contribution in [0.1, 0.15) is 28.4 Å². The molecule has 0 aliphatic carbocycles. The molecule has 0 saturated carbocycles. The average molecular weight is 256 g/mol. The maximum atomic E-state index is 10.3. The van der Waals surface area contributed by atoms with Crippen LogP contribution in [0.2, 0.25) is 0 Å². The summed E-state index contributed by atoms with van der Waals surface area (Å²) in [5.74, 6) is 0. The highest BCUT2D eigenvalue weighted by molar-refractivity contribution is 7.81. The average Bonchev–Trinajstić information content (AvgIpc) is 2.39. The van der Waals surface area contributed by atoms with Crippen molar-refractivity contribution in [2.45, 2.75) is 20.0 Å². The maximum Gasteiger partial charge on any atom is 0.115 e. The molecule has 2 aromatic rings. The summed E-state index contributed by atoms with van der Waals surface area (Å²) in [7, 11) is 0. The van der Waals surface area contributed by atoms with E-state index in [0.29, 0.717) is 4.86 Å². The van der Waals surface area contributed by atoms with Crippen molar-refractivity contribution in [1.29, 1.82) is 0 Å². The van der Waals surface area contributed by atoms with Crippen molar-refractivity contribution < 1.29 is 5.11 Å². The molecule has 0 aliphatic heterocycles. The maximum absolute atomic E-state index is 10.3. The van der Waals surface area contributed by atoms with Crippen LogP contribution in [0, 0.1) is 13.8 Å². The summed E-state index contributed by atoms with van der Waals surface area (Å²) in [6.07, 6.45) is -0.719. The van der Waals surface area contributed by atoms with E-state index in [9.17, 15) is 5.11 Å². The molecule has 1 N–H and O–H groups in total. The normalized spacial score (nSPS) is 12.2. The third kappa shape index (κ3) is 2.84. The minimum absolute atomic E-state index is 0.568. The minimum Gasteiger partial charge on any atom is -0.383 e. The molecule has 0 aliphatic rings. The zero-order chi connectivity index (χ0) is 13.1. The molecule has 2 heteroatoms. The third-order valence-electron chi connectivity index (χ3n) is 2.98. The molecule has 0 bridgehead atoms. The first kappa shape index (κ1) is 12.9. The summed E-state index contributed by atoms with van der Waals surface area (Å²) in [6.45, 7) is 4.05. The second-order valence-electron chi connectivity index (χ2n) is 4.54. The fourth-order valence-corrected chi connectivity index (χ4v) is 2.05. The molecule has 18 heavy (non-hydrogen) atoms. The highest BCUT2D eigenvalue weighted by Gasteiger charge is 2.14. The highest BCUT2D eigenvalue weighted by atomic mass is 32.1. The van der Waals surface area contributed by atoms with Gasteiger partial charge in [0.15, 0.2) is 0 Å². The van der Waals surface area contributed by atoms with E-state index in [1.54, 1.807) is 0 Å².